The average molecular weight is 272 g/mol. The normalized spacial score (nSPS) is 13.6. The van der Waals surface area contributed by atoms with Crippen molar-refractivity contribution in [3.8, 4) is 11.5 Å². The second kappa shape index (κ2) is 4.36. The minimum absolute atomic E-state index is 0.322. The Hall–Kier alpha value is -1.86. The predicted octanol–water partition coefficient (Wildman–Crippen LogP) is 2.74. The van der Waals surface area contributed by atoms with Crippen LogP contribution in [0.25, 0.3) is 0 Å². The van der Waals surface area contributed by atoms with Crippen LogP contribution in [-0.2, 0) is 0 Å². The molecule has 0 spiro atoms. The molecule has 0 fully saturated rings. The minimum atomic E-state index is -0.887. The molecule has 19 heavy (non-hydrogen) atoms. The van der Waals surface area contributed by atoms with Crippen LogP contribution in [0.5, 0.6) is 11.5 Å². The monoisotopic (exact) mass is 272 g/mol. The van der Waals surface area contributed by atoms with Crippen LogP contribution in [0.1, 0.15) is 21.5 Å². The largest absolute Gasteiger partial charge is 0.478 e. The molecular weight excluding hydrogens is 259 g/mol. The molecule has 3 rings (SSSR count). The summed E-state index contributed by atoms with van der Waals surface area (Å²) in [7, 11) is 0.322. The van der Waals surface area contributed by atoms with Gasteiger partial charge in [0.1, 0.15) is 11.5 Å². The molecule has 2 aromatic carbocycles. The maximum Gasteiger partial charge on any atom is 0.336 e. The molecule has 0 aromatic heterocycles. The van der Waals surface area contributed by atoms with E-state index in [9.17, 15) is 9.90 Å². The number of fused-ring (bicyclic) bond motifs is 2. The van der Waals surface area contributed by atoms with E-state index in [-0.39, 0.29) is 0 Å². The Morgan fingerprint density at radius 3 is 2.63 bits per heavy atom. The van der Waals surface area contributed by atoms with Crippen LogP contribution < -0.4 is 15.3 Å². The van der Waals surface area contributed by atoms with Gasteiger partial charge in [-0.3, -0.25) is 0 Å². The van der Waals surface area contributed by atoms with E-state index in [1.165, 1.54) is 0 Å². The number of ether oxygens (including phenoxy) is 1. The Bertz CT molecular complexity index is 692. The van der Waals surface area contributed by atoms with Crippen LogP contribution in [-0.4, -0.2) is 11.1 Å². The summed E-state index contributed by atoms with van der Waals surface area (Å²) in [5.41, 5.74) is 2.31. The summed E-state index contributed by atoms with van der Waals surface area (Å²) in [5, 5.41) is 11.2. The summed E-state index contributed by atoms with van der Waals surface area (Å²) in [5.74, 6) is 0.607. The fraction of sp³-hybridized carbons (Fsp3) is 0.133. The van der Waals surface area contributed by atoms with Crippen molar-refractivity contribution in [1.82, 2.24) is 0 Å². The zero-order valence-corrected chi connectivity index (χ0v) is 11.7. The predicted molar refractivity (Wildman–Crippen MR) is 77.0 cm³/mol. The highest BCUT2D eigenvalue weighted by Crippen LogP contribution is 2.35. The van der Waals surface area contributed by atoms with Crippen LogP contribution in [0, 0.1) is 13.8 Å². The maximum atomic E-state index is 11.4. The minimum Gasteiger partial charge on any atom is -0.478 e. The lowest BCUT2D eigenvalue weighted by atomic mass is 10.1. The highest BCUT2D eigenvalue weighted by atomic mass is 31.1. The van der Waals surface area contributed by atoms with Crippen molar-refractivity contribution in [3.05, 3.63) is 47.0 Å². The van der Waals surface area contributed by atoms with Crippen LogP contribution in [0.15, 0.2) is 30.3 Å². The summed E-state index contributed by atoms with van der Waals surface area (Å²) in [4.78, 5) is 11.4. The molecule has 3 nitrogen and oxygen atoms in total. The Kier molecular flexibility index (Phi) is 2.79. The number of carboxylic acid groups (broad SMARTS) is 1. The molecule has 2 aromatic rings. The molecule has 1 atom stereocenters. The molecule has 0 bridgehead atoms. The van der Waals surface area contributed by atoms with Crippen molar-refractivity contribution in [2.24, 2.45) is 0 Å². The van der Waals surface area contributed by atoms with Gasteiger partial charge in [-0.1, -0.05) is 26.3 Å². The van der Waals surface area contributed by atoms with Crippen molar-refractivity contribution in [2.45, 2.75) is 13.8 Å². The highest BCUT2D eigenvalue weighted by molar-refractivity contribution is 7.56. The zero-order chi connectivity index (χ0) is 13.6. The number of aromatic carboxylic acids is 1. The molecule has 1 N–H and O–H groups in total. The molecule has 0 amide bonds. The lowest BCUT2D eigenvalue weighted by Crippen LogP contribution is -2.22. The van der Waals surface area contributed by atoms with E-state index < -0.39 is 5.97 Å². The van der Waals surface area contributed by atoms with Gasteiger partial charge < -0.3 is 9.84 Å². The van der Waals surface area contributed by atoms with Gasteiger partial charge in [0, 0.05) is 10.6 Å². The van der Waals surface area contributed by atoms with Gasteiger partial charge in [0.25, 0.3) is 0 Å². The molecule has 1 heterocycles. The van der Waals surface area contributed by atoms with Crippen molar-refractivity contribution in [3.63, 3.8) is 0 Å². The third kappa shape index (κ3) is 2.00. The molecule has 1 unspecified atom stereocenters. The van der Waals surface area contributed by atoms with E-state index >= 15 is 0 Å². The van der Waals surface area contributed by atoms with Gasteiger partial charge in [-0.05, 0) is 37.6 Å². The molecule has 1 aliphatic rings. The summed E-state index contributed by atoms with van der Waals surface area (Å²) in [6.45, 7) is 3.84. The first-order chi connectivity index (χ1) is 9.06. The summed E-state index contributed by atoms with van der Waals surface area (Å²) in [6.07, 6.45) is 0. The second-order valence-electron chi connectivity index (χ2n) is 4.66. The Balaban J connectivity index is 2.18. The van der Waals surface area contributed by atoms with Crippen molar-refractivity contribution in [1.29, 1.82) is 0 Å². The van der Waals surface area contributed by atoms with Gasteiger partial charge in [-0.25, -0.2) is 4.79 Å². The molecule has 0 saturated carbocycles. The van der Waals surface area contributed by atoms with E-state index in [4.69, 9.17) is 4.74 Å². The number of carboxylic acids is 1. The summed E-state index contributed by atoms with van der Waals surface area (Å²) in [6, 6.07) is 9.66. The number of rotatable bonds is 1. The fourth-order valence-electron chi connectivity index (χ4n) is 2.26. The molecule has 96 valence electrons. The number of aryl methyl sites for hydroxylation is 2. The quantitative estimate of drug-likeness (QED) is 0.693. The van der Waals surface area contributed by atoms with Crippen LogP contribution >= 0.6 is 8.58 Å². The number of hydrogen-bond acceptors (Lipinski definition) is 2. The van der Waals surface area contributed by atoms with E-state index in [1.807, 2.05) is 32.0 Å². The van der Waals surface area contributed by atoms with Crippen LogP contribution in [0.4, 0.5) is 0 Å². The van der Waals surface area contributed by atoms with Gasteiger partial charge >= 0.3 is 5.97 Å². The first-order valence-corrected chi connectivity index (χ1v) is 6.98. The zero-order valence-electron chi connectivity index (χ0n) is 10.7. The van der Waals surface area contributed by atoms with E-state index in [0.29, 0.717) is 19.9 Å². The highest BCUT2D eigenvalue weighted by Gasteiger charge is 2.24. The molecular formula is C15H13O3P. The number of carbonyl (C=O) groups is 1. The smallest absolute Gasteiger partial charge is 0.336 e. The van der Waals surface area contributed by atoms with Gasteiger partial charge in [-0.15, -0.1) is 0 Å². The second-order valence-corrected chi connectivity index (χ2v) is 5.95. The van der Waals surface area contributed by atoms with Gasteiger partial charge in [0.05, 0.1) is 5.56 Å². The van der Waals surface area contributed by atoms with Crippen molar-refractivity contribution < 1.29 is 14.6 Å². The maximum absolute atomic E-state index is 11.4. The van der Waals surface area contributed by atoms with Crippen LogP contribution in [0.2, 0.25) is 0 Å². The lowest BCUT2D eigenvalue weighted by Gasteiger charge is -2.22. The number of hydrogen-bond donors (Lipinski definition) is 1. The Labute approximate surface area is 113 Å². The van der Waals surface area contributed by atoms with Crippen molar-refractivity contribution in [2.75, 3.05) is 0 Å². The van der Waals surface area contributed by atoms with Crippen molar-refractivity contribution >= 4 is 25.2 Å². The van der Waals surface area contributed by atoms with E-state index in [2.05, 4.69) is 6.07 Å². The Morgan fingerprint density at radius 1 is 1.16 bits per heavy atom. The van der Waals surface area contributed by atoms with Crippen LogP contribution in [0.3, 0.4) is 0 Å². The first-order valence-electron chi connectivity index (χ1n) is 5.98. The molecule has 0 saturated heterocycles. The molecule has 0 aliphatic carbocycles. The topological polar surface area (TPSA) is 46.5 Å². The third-order valence-electron chi connectivity index (χ3n) is 3.20. The van der Waals surface area contributed by atoms with Gasteiger partial charge in [0.15, 0.2) is 0 Å². The van der Waals surface area contributed by atoms with Gasteiger partial charge in [0.2, 0.25) is 0 Å². The average Bonchev–Trinajstić information content (AvgIpc) is 2.35. The van der Waals surface area contributed by atoms with Gasteiger partial charge in [-0.2, -0.15) is 0 Å². The van der Waals surface area contributed by atoms with E-state index in [0.717, 1.165) is 27.5 Å². The standard InChI is InChI=1S/C15H13O3P/c1-8-3-5-10-12(7-8)19-14-11(18-10)6-4-9(2)13(14)15(16)17/h3-7,19H,1-2H3,(H,16,17). The third-order valence-corrected chi connectivity index (χ3v) is 4.61. The fourth-order valence-corrected chi connectivity index (χ4v) is 3.77. The SMILES string of the molecule is Cc1ccc2c(c1)Pc1c(ccc(C)c1C(=O)O)O2. The first kappa shape index (κ1) is 12.2. The molecule has 1 aliphatic heterocycles. The Morgan fingerprint density at radius 2 is 1.89 bits per heavy atom. The summed E-state index contributed by atoms with van der Waals surface area (Å²) >= 11 is 0. The summed E-state index contributed by atoms with van der Waals surface area (Å²) < 4.78 is 5.82. The van der Waals surface area contributed by atoms with E-state index in [1.54, 1.807) is 6.07 Å². The lowest BCUT2D eigenvalue weighted by molar-refractivity contribution is 0.0697. The number of benzene rings is 2. The molecule has 0 radical (unpaired) electrons. The molecule has 4 heteroatoms.